The Hall–Kier alpha value is -0.660. The van der Waals surface area contributed by atoms with Crippen LogP contribution in [0.3, 0.4) is 0 Å². The molecular formula is C23H38N2. The monoisotopic (exact) mass is 342 g/mol. The molecule has 1 aliphatic heterocycles. The maximum absolute atomic E-state index is 2.71. The zero-order valence-electron chi connectivity index (χ0n) is 17.2. The molecular weight excluding hydrogens is 304 g/mol. The minimum atomic E-state index is 0.601. The maximum Gasteiger partial charge on any atom is 0.0899 e. The predicted octanol–water partition coefficient (Wildman–Crippen LogP) is 5.17. The molecule has 0 spiro atoms. The first-order chi connectivity index (χ1) is 11.7. The van der Waals surface area contributed by atoms with Crippen LogP contribution in [-0.2, 0) is 0 Å². The molecule has 0 aromatic carbocycles. The van der Waals surface area contributed by atoms with Gasteiger partial charge in [-0.2, -0.15) is 0 Å². The van der Waals surface area contributed by atoms with Crippen LogP contribution >= 0.6 is 0 Å². The van der Waals surface area contributed by atoms with Crippen LogP contribution < -0.4 is 0 Å². The van der Waals surface area contributed by atoms with E-state index in [-0.39, 0.29) is 0 Å². The smallest absolute Gasteiger partial charge is 0.0899 e. The Balaban J connectivity index is 1.25. The second-order valence-electron chi connectivity index (χ2n) is 11.5. The van der Waals surface area contributed by atoms with E-state index in [4.69, 9.17) is 0 Å². The highest BCUT2D eigenvalue weighted by Gasteiger charge is 2.59. The van der Waals surface area contributed by atoms with E-state index < -0.39 is 0 Å². The van der Waals surface area contributed by atoms with Crippen molar-refractivity contribution in [2.75, 3.05) is 6.67 Å². The van der Waals surface area contributed by atoms with Gasteiger partial charge >= 0.3 is 0 Å². The minimum Gasteiger partial charge on any atom is -0.355 e. The van der Waals surface area contributed by atoms with Crippen molar-refractivity contribution in [1.82, 2.24) is 9.80 Å². The molecule has 7 aliphatic rings. The van der Waals surface area contributed by atoms with E-state index in [1.807, 2.05) is 0 Å². The molecule has 6 aliphatic carbocycles. The zero-order valence-corrected chi connectivity index (χ0v) is 17.2. The fourth-order valence-corrected chi connectivity index (χ4v) is 8.01. The van der Waals surface area contributed by atoms with E-state index in [9.17, 15) is 0 Å². The summed E-state index contributed by atoms with van der Waals surface area (Å²) in [4.78, 5) is 5.41. The molecule has 2 nitrogen and oxygen atoms in total. The van der Waals surface area contributed by atoms with Crippen LogP contribution in [0.15, 0.2) is 12.4 Å². The molecule has 2 heteroatoms. The molecule has 0 aromatic rings. The highest BCUT2D eigenvalue weighted by molar-refractivity contribution is 5.12. The summed E-state index contributed by atoms with van der Waals surface area (Å²) in [5, 5.41) is 0. The first kappa shape index (κ1) is 16.5. The van der Waals surface area contributed by atoms with Crippen LogP contribution in [0.1, 0.15) is 67.2 Å². The summed E-state index contributed by atoms with van der Waals surface area (Å²) in [6.07, 6.45) is 10.7. The highest BCUT2D eigenvalue weighted by Crippen LogP contribution is 2.63. The van der Waals surface area contributed by atoms with Crippen LogP contribution in [0.4, 0.5) is 0 Å². The summed E-state index contributed by atoms with van der Waals surface area (Å²) in [5.41, 5.74) is 1.20. The van der Waals surface area contributed by atoms with E-state index in [2.05, 4.69) is 63.7 Å². The van der Waals surface area contributed by atoms with Gasteiger partial charge in [0.15, 0.2) is 0 Å². The molecule has 0 unspecified atom stereocenters. The molecule has 0 saturated heterocycles. The van der Waals surface area contributed by atoms with Crippen LogP contribution in [0.5, 0.6) is 0 Å². The van der Waals surface area contributed by atoms with Crippen LogP contribution in [0.2, 0.25) is 0 Å². The van der Waals surface area contributed by atoms with Gasteiger partial charge in [-0.3, -0.25) is 0 Å². The molecule has 8 atom stereocenters. The third-order valence-electron chi connectivity index (χ3n) is 10.3. The van der Waals surface area contributed by atoms with Gasteiger partial charge in [0.1, 0.15) is 0 Å². The van der Waals surface area contributed by atoms with E-state index in [0.717, 1.165) is 54.3 Å². The molecule has 0 N–H and O–H groups in total. The van der Waals surface area contributed by atoms with Crippen molar-refractivity contribution < 1.29 is 0 Å². The lowest BCUT2D eigenvalue weighted by atomic mass is 9.44. The topological polar surface area (TPSA) is 6.48 Å². The van der Waals surface area contributed by atoms with E-state index in [1.165, 1.54) is 25.7 Å². The van der Waals surface area contributed by atoms with Gasteiger partial charge in [-0.15, -0.1) is 0 Å². The second kappa shape index (κ2) is 4.98. The van der Waals surface area contributed by atoms with Gasteiger partial charge in [0.2, 0.25) is 0 Å². The second-order valence-corrected chi connectivity index (χ2v) is 11.5. The molecule has 140 valence electrons. The van der Waals surface area contributed by atoms with Gasteiger partial charge in [-0.05, 0) is 72.0 Å². The zero-order chi connectivity index (χ0) is 17.7. The molecule has 0 radical (unpaired) electrons. The van der Waals surface area contributed by atoms with Crippen LogP contribution in [0, 0.1) is 46.3 Å². The predicted molar refractivity (Wildman–Crippen MR) is 104 cm³/mol. The Morgan fingerprint density at radius 1 is 0.680 bits per heavy atom. The lowest BCUT2D eigenvalue weighted by molar-refractivity contribution is -0.145. The molecule has 4 bridgehead atoms. The van der Waals surface area contributed by atoms with Crippen LogP contribution in [0.25, 0.3) is 0 Å². The third kappa shape index (κ3) is 2.03. The Labute approximate surface area is 155 Å². The summed E-state index contributed by atoms with van der Waals surface area (Å²) in [5.74, 6) is 5.51. The third-order valence-corrected chi connectivity index (χ3v) is 10.3. The van der Waals surface area contributed by atoms with Gasteiger partial charge in [-0.1, -0.05) is 41.5 Å². The van der Waals surface area contributed by atoms with Crippen molar-refractivity contribution in [3.05, 3.63) is 12.4 Å². The van der Waals surface area contributed by atoms with Crippen molar-refractivity contribution in [2.45, 2.75) is 79.3 Å². The molecule has 7 rings (SSSR count). The maximum atomic E-state index is 2.71. The lowest BCUT2D eigenvalue weighted by Gasteiger charge is -2.64. The molecule has 25 heavy (non-hydrogen) atoms. The summed E-state index contributed by atoms with van der Waals surface area (Å²) in [6.45, 7) is 16.3. The molecule has 0 aromatic heterocycles. The van der Waals surface area contributed by atoms with Gasteiger partial charge in [0.05, 0.1) is 6.67 Å². The number of rotatable bonds is 2. The van der Waals surface area contributed by atoms with E-state index >= 15 is 0 Å². The van der Waals surface area contributed by atoms with E-state index in [0.29, 0.717) is 10.8 Å². The van der Waals surface area contributed by atoms with Crippen molar-refractivity contribution >= 4 is 0 Å². The first-order valence-corrected chi connectivity index (χ1v) is 10.9. The summed E-state index contributed by atoms with van der Waals surface area (Å²) < 4.78 is 0. The van der Waals surface area contributed by atoms with E-state index in [1.54, 1.807) is 0 Å². The Morgan fingerprint density at radius 3 is 1.40 bits per heavy atom. The fourth-order valence-electron chi connectivity index (χ4n) is 8.01. The standard InChI is InChI=1S/C23H38N2/c1-14-18-9-16(22(18,3)4)11-20(14)24-7-8-25(13-24)21-12-17-10-19(15(21)2)23(17,5)6/h7-8,14-21H,9-13H2,1-6H3/t14-,15-,16+,17+,18-,19-,20-,21-/m1/s1. The fraction of sp³-hybridized carbons (Fsp3) is 0.913. The average Bonchev–Trinajstić information content (AvgIpc) is 3.03. The molecule has 6 saturated carbocycles. The molecule has 6 fully saturated rings. The lowest BCUT2D eigenvalue weighted by Crippen LogP contribution is -2.61. The number of nitrogens with zero attached hydrogens (tertiary/aromatic N) is 2. The summed E-state index contributed by atoms with van der Waals surface area (Å²) >= 11 is 0. The summed E-state index contributed by atoms with van der Waals surface area (Å²) in [6, 6.07) is 1.56. The quantitative estimate of drug-likeness (QED) is 0.683. The van der Waals surface area contributed by atoms with Gasteiger partial charge in [0, 0.05) is 24.5 Å². The Bertz CT molecular complexity index is 541. The van der Waals surface area contributed by atoms with Crippen LogP contribution in [-0.4, -0.2) is 28.6 Å². The number of hydrogen-bond acceptors (Lipinski definition) is 2. The van der Waals surface area contributed by atoms with Gasteiger partial charge < -0.3 is 9.80 Å². The van der Waals surface area contributed by atoms with Crippen molar-refractivity contribution in [3.63, 3.8) is 0 Å². The van der Waals surface area contributed by atoms with Gasteiger partial charge in [-0.25, -0.2) is 0 Å². The number of fused-ring (bicyclic) bond motifs is 4. The van der Waals surface area contributed by atoms with Crippen molar-refractivity contribution in [3.8, 4) is 0 Å². The number of hydrogen-bond donors (Lipinski definition) is 0. The summed E-state index contributed by atoms with van der Waals surface area (Å²) in [7, 11) is 0. The SMILES string of the molecule is C[C@H]1[C@H](N2C=CN([C@@H]3C[C@@H]4C[C@H]([C@H]3C)C4(C)C)C2)C[C@@H]2C[C@H]1C2(C)C. The molecule has 0 amide bonds. The first-order valence-electron chi connectivity index (χ1n) is 10.9. The highest BCUT2D eigenvalue weighted by atomic mass is 15.4. The minimum absolute atomic E-state index is 0.601. The Morgan fingerprint density at radius 2 is 1.08 bits per heavy atom. The van der Waals surface area contributed by atoms with Crippen molar-refractivity contribution in [2.24, 2.45) is 46.3 Å². The molecule has 1 heterocycles. The average molecular weight is 343 g/mol. The Kier molecular flexibility index (Phi) is 3.29. The van der Waals surface area contributed by atoms with Crippen molar-refractivity contribution in [1.29, 1.82) is 0 Å². The van der Waals surface area contributed by atoms with Gasteiger partial charge in [0.25, 0.3) is 0 Å². The normalized spacial score (nSPS) is 51.9. The largest absolute Gasteiger partial charge is 0.355 e.